The van der Waals surface area contributed by atoms with Crippen LogP contribution in [-0.4, -0.2) is 28.7 Å². The molecular formula is C29H23FN4O3. The highest BCUT2D eigenvalue weighted by Gasteiger charge is 2.70. The van der Waals surface area contributed by atoms with E-state index in [1.807, 2.05) is 55.6 Å². The van der Waals surface area contributed by atoms with Gasteiger partial charge in [-0.1, -0.05) is 35.9 Å². The minimum absolute atomic E-state index is 0.301. The lowest BCUT2D eigenvalue weighted by Gasteiger charge is -2.29. The van der Waals surface area contributed by atoms with Crippen molar-refractivity contribution in [1.29, 1.82) is 0 Å². The Hall–Kier alpha value is -4.30. The van der Waals surface area contributed by atoms with Gasteiger partial charge in [0.05, 0.1) is 17.5 Å². The number of halogens is 1. The van der Waals surface area contributed by atoms with Crippen molar-refractivity contribution in [2.24, 2.45) is 11.8 Å². The number of rotatable bonds is 3. The number of H-pyrrole nitrogens is 1. The summed E-state index contributed by atoms with van der Waals surface area (Å²) in [5.74, 6) is -3.36. The molecule has 184 valence electrons. The van der Waals surface area contributed by atoms with Crippen molar-refractivity contribution in [2.75, 3.05) is 10.2 Å². The van der Waals surface area contributed by atoms with Crippen LogP contribution in [0, 0.1) is 24.6 Å². The Balaban J connectivity index is 1.38. The molecule has 2 fully saturated rings. The van der Waals surface area contributed by atoms with Crippen LogP contribution in [0.5, 0.6) is 0 Å². The number of benzene rings is 3. The molecule has 2 saturated heterocycles. The third-order valence-electron chi connectivity index (χ3n) is 8.07. The second-order valence-corrected chi connectivity index (χ2v) is 10.1. The smallest absolute Gasteiger partial charge is 0.250 e. The number of aromatic amines is 1. The molecule has 7 nitrogen and oxygen atoms in total. The first-order valence-corrected chi connectivity index (χ1v) is 12.3. The molecule has 3 N–H and O–H groups in total. The average molecular weight is 495 g/mol. The summed E-state index contributed by atoms with van der Waals surface area (Å²) in [6.45, 7) is 1.93. The second-order valence-electron chi connectivity index (χ2n) is 10.1. The molecule has 0 aliphatic carbocycles. The fourth-order valence-electron chi connectivity index (χ4n) is 6.47. The summed E-state index contributed by atoms with van der Waals surface area (Å²) in [6.07, 6.45) is 2.36. The van der Waals surface area contributed by atoms with Gasteiger partial charge >= 0.3 is 0 Å². The van der Waals surface area contributed by atoms with E-state index < -0.39 is 35.1 Å². The van der Waals surface area contributed by atoms with Gasteiger partial charge in [-0.15, -0.1) is 0 Å². The van der Waals surface area contributed by atoms with Crippen molar-refractivity contribution in [3.05, 3.63) is 95.4 Å². The Labute approximate surface area is 211 Å². The van der Waals surface area contributed by atoms with Crippen molar-refractivity contribution < 1.29 is 18.8 Å². The third-order valence-corrected chi connectivity index (χ3v) is 8.07. The number of nitrogens with zero attached hydrogens (tertiary/aromatic N) is 1. The van der Waals surface area contributed by atoms with Gasteiger partial charge < -0.3 is 10.3 Å². The van der Waals surface area contributed by atoms with Crippen LogP contribution in [-0.2, 0) is 26.3 Å². The lowest BCUT2D eigenvalue weighted by Crippen LogP contribution is -2.53. The van der Waals surface area contributed by atoms with Crippen LogP contribution in [0.3, 0.4) is 0 Å². The Morgan fingerprint density at radius 3 is 2.57 bits per heavy atom. The molecule has 7 rings (SSSR count). The number of fused-ring (bicyclic) bond motifs is 5. The van der Waals surface area contributed by atoms with Crippen molar-refractivity contribution >= 4 is 40.0 Å². The number of hydrogen-bond acceptors (Lipinski definition) is 4. The van der Waals surface area contributed by atoms with E-state index in [9.17, 15) is 18.8 Å². The number of aryl methyl sites for hydroxylation is 1. The number of carbonyl (C=O) groups excluding carboxylic acids is 3. The first-order valence-electron chi connectivity index (χ1n) is 12.3. The molecule has 4 atom stereocenters. The number of para-hydroxylation sites is 1. The second kappa shape index (κ2) is 7.60. The van der Waals surface area contributed by atoms with Crippen molar-refractivity contribution in [3.63, 3.8) is 0 Å². The van der Waals surface area contributed by atoms with Crippen molar-refractivity contribution in [3.8, 4) is 0 Å². The van der Waals surface area contributed by atoms with Gasteiger partial charge in [0, 0.05) is 34.4 Å². The molecule has 3 aromatic carbocycles. The predicted molar refractivity (Wildman–Crippen MR) is 136 cm³/mol. The SMILES string of the molecule is Cc1ccc2c(c1)[C@@]1(N[C@@H](Cc3c[nH]c4ccccc34)[C@H]3C(=O)N(c4ccc(F)cc4)C(=O)[C@@H]31)C(=O)N2. The van der Waals surface area contributed by atoms with Gasteiger partial charge in [-0.2, -0.15) is 0 Å². The van der Waals surface area contributed by atoms with E-state index in [0.717, 1.165) is 26.9 Å². The summed E-state index contributed by atoms with van der Waals surface area (Å²) in [5, 5.41) is 7.46. The Bertz CT molecular complexity index is 1630. The third kappa shape index (κ3) is 2.93. The quantitative estimate of drug-likeness (QED) is 0.378. The monoisotopic (exact) mass is 494 g/mol. The summed E-state index contributed by atoms with van der Waals surface area (Å²) >= 11 is 0. The van der Waals surface area contributed by atoms with E-state index in [-0.39, 0.29) is 11.8 Å². The number of aromatic nitrogens is 1. The molecule has 0 saturated carbocycles. The minimum atomic E-state index is -1.38. The fraction of sp³-hybridized carbons (Fsp3) is 0.207. The molecular weight excluding hydrogens is 471 g/mol. The molecule has 37 heavy (non-hydrogen) atoms. The van der Waals surface area contributed by atoms with Crippen LogP contribution in [0.1, 0.15) is 16.7 Å². The predicted octanol–water partition coefficient (Wildman–Crippen LogP) is 3.78. The van der Waals surface area contributed by atoms with Crippen LogP contribution < -0.4 is 15.5 Å². The van der Waals surface area contributed by atoms with Gasteiger partial charge in [-0.3, -0.25) is 19.7 Å². The zero-order chi connectivity index (χ0) is 25.5. The molecule has 3 aliphatic heterocycles. The van der Waals surface area contributed by atoms with Crippen LogP contribution in [0.2, 0.25) is 0 Å². The van der Waals surface area contributed by atoms with E-state index in [1.54, 1.807) is 0 Å². The van der Waals surface area contributed by atoms with E-state index in [2.05, 4.69) is 15.6 Å². The lowest BCUT2D eigenvalue weighted by atomic mass is 9.76. The molecule has 0 bridgehead atoms. The molecule has 4 heterocycles. The van der Waals surface area contributed by atoms with Crippen LogP contribution in [0.25, 0.3) is 10.9 Å². The van der Waals surface area contributed by atoms with Gasteiger partial charge in [-0.25, -0.2) is 9.29 Å². The van der Waals surface area contributed by atoms with E-state index in [1.165, 1.54) is 24.3 Å². The maximum atomic E-state index is 14.0. The molecule has 8 heteroatoms. The van der Waals surface area contributed by atoms with E-state index in [0.29, 0.717) is 23.4 Å². The maximum Gasteiger partial charge on any atom is 0.250 e. The number of anilines is 2. The maximum absolute atomic E-state index is 14.0. The molecule has 1 spiro atoms. The molecule has 4 aromatic rings. The minimum Gasteiger partial charge on any atom is -0.361 e. The number of imide groups is 1. The van der Waals surface area contributed by atoms with Crippen molar-refractivity contribution in [1.82, 2.24) is 10.3 Å². The Kier molecular flexibility index (Phi) is 4.51. The van der Waals surface area contributed by atoms with Crippen molar-refractivity contribution in [2.45, 2.75) is 24.9 Å². The number of carbonyl (C=O) groups is 3. The molecule has 1 aromatic heterocycles. The number of amides is 3. The zero-order valence-electron chi connectivity index (χ0n) is 19.9. The molecule has 3 amide bonds. The van der Waals surface area contributed by atoms with Gasteiger partial charge in [0.2, 0.25) is 17.7 Å². The summed E-state index contributed by atoms with van der Waals surface area (Å²) in [4.78, 5) is 46.1. The van der Waals surface area contributed by atoms with Gasteiger partial charge in [0.25, 0.3) is 0 Å². The normalized spacial score (nSPS) is 26.3. The Morgan fingerprint density at radius 2 is 1.76 bits per heavy atom. The van der Waals surface area contributed by atoms with Crippen LogP contribution in [0.4, 0.5) is 15.8 Å². The summed E-state index contributed by atoms with van der Waals surface area (Å²) in [5.41, 5.74) is 3.14. The lowest BCUT2D eigenvalue weighted by molar-refractivity contribution is -0.130. The standard InChI is InChI=1S/C29H23FN4O3/c1-15-6-11-22-20(12-15)29(28(37)32-22)25-24(26(35)34(27(25)36)18-9-7-17(30)8-10-18)23(33-29)13-16-14-31-21-5-3-2-4-19(16)21/h2-12,14,23-25,31,33H,13H2,1H3,(H,32,37)/t23-,24+,25+,29-/m0/s1. The van der Waals surface area contributed by atoms with E-state index >= 15 is 0 Å². The number of hydrogen-bond donors (Lipinski definition) is 3. The molecule has 0 radical (unpaired) electrons. The highest BCUT2D eigenvalue weighted by molar-refractivity contribution is 6.25. The topological polar surface area (TPSA) is 94.3 Å². The molecule has 3 aliphatic rings. The first kappa shape index (κ1) is 21.9. The Morgan fingerprint density at radius 1 is 0.973 bits per heavy atom. The van der Waals surface area contributed by atoms with Crippen LogP contribution in [0.15, 0.2) is 72.9 Å². The van der Waals surface area contributed by atoms with Gasteiger partial charge in [0.1, 0.15) is 11.4 Å². The molecule has 0 unspecified atom stereocenters. The first-order chi connectivity index (χ1) is 17.9. The summed E-state index contributed by atoms with van der Waals surface area (Å²) in [6, 6.07) is 18.4. The average Bonchev–Trinajstić information content (AvgIpc) is 3.59. The number of nitrogens with one attached hydrogen (secondary N) is 3. The fourth-order valence-corrected chi connectivity index (χ4v) is 6.47. The largest absolute Gasteiger partial charge is 0.361 e. The van der Waals surface area contributed by atoms with E-state index in [4.69, 9.17) is 0 Å². The van der Waals surface area contributed by atoms with Gasteiger partial charge in [-0.05, 0) is 55.3 Å². The van der Waals surface area contributed by atoms with Crippen LogP contribution >= 0.6 is 0 Å². The van der Waals surface area contributed by atoms with Gasteiger partial charge in [0.15, 0.2) is 0 Å². The highest BCUT2D eigenvalue weighted by Crippen LogP contribution is 2.54. The zero-order valence-corrected chi connectivity index (χ0v) is 19.9. The summed E-state index contributed by atoms with van der Waals surface area (Å²) in [7, 11) is 0. The highest BCUT2D eigenvalue weighted by atomic mass is 19.1. The summed E-state index contributed by atoms with van der Waals surface area (Å²) < 4.78 is 13.6.